The standard InChI is InChI=1S/C21H24N2O8S/c1-10-18(11(2)31-23-10)16-7-6-15(8-22-16)30-21-20(29-14(5)26)19(28-13(4)25)17(9-32-21)27-12(3)24/h6-8,17,19-21H,9H2,1-5H3/t17-,19+,20-,21?/m1/s1. The largest absolute Gasteiger partial charge is 0.474 e. The second-order valence-corrected chi connectivity index (χ2v) is 8.33. The average molecular weight is 464 g/mol. The van der Waals surface area contributed by atoms with E-state index in [4.69, 9.17) is 23.5 Å². The molecular formula is C21H24N2O8S. The van der Waals surface area contributed by atoms with E-state index in [0.29, 0.717) is 17.2 Å². The molecule has 4 atom stereocenters. The van der Waals surface area contributed by atoms with Crippen molar-refractivity contribution in [1.29, 1.82) is 0 Å². The highest BCUT2D eigenvalue weighted by Crippen LogP contribution is 2.34. The van der Waals surface area contributed by atoms with Crippen LogP contribution in [0.1, 0.15) is 32.2 Å². The number of aryl methyl sites for hydroxylation is 2. The Morgan fingerprint density at radius 2 is 1.66 bits per heavy atom. The maximum atomic E-state index is 11.7. The number of pyridine rings is 1. The Morgan fingerprint density at radius 1 is 1.00 bits per heavy atom. The van der Waals surface area contributed by atoms with Crippen molar-refractivity contribution in [2.75, 3.05) is 5.75 Å². The van der Waals surface area contributed by atoms with Crippen molar-refractivity contribution in [2.45, 2.75) is 58.4 Å². The van der Waals surface area contributed by atoms with Gasteiger partial charge in [-0.15, -0.1) is 11.8 Å². The Balaban J connectivity index is 1.82. The van der Waals surface area contributed by atoms with Gasteiger partial charge >= 0.3 is 17.9 Å². The maximum absolute atomic E-state index is 11.7. The normalized spacial score (nSPS) is 22.7. The lowest BCUT2D eigenvalue weighted by Crippen LogP contribution is -2.55. The molecule has 0 bridgehead atoms. The summed E-state index contributed by atoms with van der Waals surface area (Å²) in [5.41, 5.74) is 1.48. The number of esters is 3. The molecule has 2 aromatic heterocycles. The predicted octanol–water partition coefficient (Wildman–Crippen LogP) is 2.60. The summed E-state index contributed by atoms with van der Waals surface area (Å²) in [6.45, 7) is 7.35. The van der Waals surface area contributed by atoms with E-state index in [1.54, 1.807) is 19.1 Å². The van der Waals surface area contributed by atoms with Crippen molar-refractivity contribution >= 4 is 29.7 Å². The van der Waals surface area contributed by atoms with E-state index in [1.165, 1.54) is 38.7 Å². The van der Waals surface area contributed by atoms with Crippen molar-refractivity contribution in [3.05, 3.63) is 29.8 Å². The van der Waals surface area contributed by atoms with Crippen LogP contribution in [0.2, 0.25) is 0 Å². The molecule has 0 N–H and O–H groups in total. The predicted molar refractivity (Wildman–Crippen MR) is 113 cm³/mol. The minimum Gasteiger partial charge on any atom is -0.474 e. The molecule has 3 heterocycles. The van der Waals surface area contributed by atoms with Gasteiger partial charge in [-0.1, -0.05) is 5.16 Å². The molecule has 2 aromatic rings. The molecule has 1 saturated heterocycles. The van der Waals surface area contributed by atoms with Crippen LogP contribution in [0.5, 0.6) is 5.75 Å². The fourth-order valence-electron chi connectivity index (χ4n) is 3.39. The molecule has 0 spiro atoms. The number of thioether (sulfide) groups is 1. The first kappa shape index (κ1) is 23.6. The number of hydrogen-bond acceptors (Lipinski definition) is 11. The van der Waals surface area contributed by atoms with Gasteiger partial charge in [0.25, 0.3) is 0 Å². The third-order valence-corrected chi connectivity index (χ3v) is 5.80. The lowest BCUT2D eigenvalue weighted by Gasteiger charge is -2.39. The van der Waals surface area contributed by atoms with E-state index < -0.39 is 41.7 Å². The summed E-state index contributed by atoms with van der Waals surface area (Å²) in [4.78, 5) is 39.3. The number of hydrogen-bond donors (Lipinski definition) is 0. The summed E-state index contributed by atoms with van der Waals surface area (Å²) >= 11 is 1.28. The van der Waals surface area contributed by atoms with E-state index in [1.807, 2.05) is 6.92 Å². The van der Waals surface area contributed by atoms with Crippen molar-refractivity contribution in [3.8, 4) is 17.0 Å². The van der Waals surface area contributed by atoms with E-state index in [2.05, 4.69) is 10.1 Å². The third-order valence-electron chi connectivity index (χ3n) is 4.58. The third kappa shape index (κ3) is 5.58. The summed E-state index contributed by atoms with van der Waals surface area (Å²) < 4.78 is 27.3. The molecule has 0 aliphatic carbocycles. The Morgan fingerprint density at radius 3 is 2.19 bits per heavy atom. The molecule has 172 valence electrons. The molecule has 32 heavy (non-hydrogen) atoms. The van der Waals surface area contributed by atoms with E-state index in [-0.39, 0.29) is 5.75 Å². The number of carbonyl (C=O) groups excluding carboxylic acids is 3. The van der Waals surface area contributed by atoms with Crippen LogP contribution < -0.4 is 4.74 Å². The number of nitrogens with zero attached hydrogens (tertiary/aromatic N) is 2. The van der Waals surface area contributed by atoms with Gasteiger partial charge < -0.3 is 23.5 Å². The fraction of sp³-hybridized carbons (Fsp3) is 0.476. The van der Waals surface area contributed by atoms with Crippen LogP contribution in [0, 0.1) is 13.8 Å². The van der Waals surface area contributed by atoms with Gasteiger partial charge in [0.1, 0.15) is 11.5 Å². The first-order valence-electron chi connectivity index (χ1n) is 9.85. The molecular weight excluding hydrogens is 440 g/mol. The number of carbonyl (C=O) groups is 3. The summed E-state index contributed by atoms with van der Waals surface area (Å²) in [6, 6.07) is 3.49. The summed E-state index contributed by atoms with van der Waals surface area (Å²) in [5.74, 6) is -0.361. The van der Waals surface area contributed by atoms with Gasteiger partial charge in [0.2, 0.25) is 0 Å². The molecule has 1 aliphatic rings. The minimum absolute atomic E-state index is 0.282. The Bertz CT molecular complexity index is 971. The second-order valence-electron chi connectivity index (χ2n) is 7.19. The van der Waals surface area contributed by atoms with E-state index >= 15 is 0 Å². The molecule has 0 aromatic carbocycles. The molecule has 10 nitrogen and oxygen atoms in total. The summed E-state index contributed by atoms with van der Waals surface area (Å²) in [7, 11) is 0. The van der Waals surface area contributed by atoms with Gasteiger partial charge in [-0.25, -0.2) is 0 Å². The number of aromatic nitrogens is 2. The van der Waals surface area contributed by atoms with Crippen molar-refractivity contribution in [1.82, 2.24) is 10.1 Å². The van der Waals surface area contributed by atoms with Crippen molar-refractivity contribution < 1.29 is 37.9 Å². The molecule has 3 rings (SSSR count). The average Bonchev–Trinajstić information content (AvgIpc) is 3.04. The maximum Gasteiger partial charge on any atom is 0.303 e. The van der Waals surface area contributed by atoms with Gasteiger partial charge in [0.05, 0.1) is 23.1 Å². The van der Waals surface area contributed by atoms with Crippen LogP contribution in [-0.2, 0) is 28.6 Å². The quantitative estimate of drug-likeness (QED) is 0.462. The molecule has 1 aliphatic heterocycles. The first-order chi connectivity index (χ1) is 15.2. The summed E-state index contributed by atoms with van der Waals surface area (Å²) in [6.07, 6.45) is -1.26. The highest BCUT2D eigenvalue weighted by atomic mass is 32.2. The van der Waals surface area contributed by atoms with Crippen LogP contribution >= 0.6 is 11.8 Å². The van der Waals surface area contributed by atoms with Crippen molar-refractivity contribution in [2.24, 2.45) is 0 Å². The van der Waals surface area contributed by atoms with Crippen molar-refractivity contribution in [3.63, 3.8) is 0 Å². The SMILES string of the molecule is CC(=O)O[C@H]1[C@H](OC(C)=O)CSC(Oc2ccc(-c3c(C)noc3C)nc2)[C@@H]1OC(C)=O. The Kier molecular flexibility index (Phi) is 7.39. The molecule has 0 radical (unpaired) electrons. The van der Waals surface area contributed by atoms with Crippen LogP contribution in [0.25, 0.3) is 11.3 Å². The Labute approximate surface area is 188 Å². The molecule has 0 amide bonds. The van der Waals surface area contributed by atoms with Gasteiger partial charge in [0, 0.05) is 26.5 Å². The fourth-order valence-corrected chi connectivity index (χ4v) is 4.61. The van der Waals surface area contributed by atoms with Gasteiger partial charge in [-0.2, -0.15) is 0 Å². The van der Waals surface area contributed by atoms with Crippen LogP contribution in [0.15, 0.2) is 22.9 Å². The Hall–Kier alpha value is -3.08. The zero-order valence-corrected chi connectivity index (χ0v) is 19.1. The highest BCUT2D eigenvalue weighted by Gasteiger charge is 2.47. The zero-order valence-electron chi connectivity index (χ0n) is 18.3. The topological polar surface area (TPSA) is 127 Å². The van der Waals surface area contributed by atoms with Gasteiger partial charge in [0.15, 0.2) is 23.7 Å². The summed E-state index contributed by atoms with van der Waals surface area (Å²) in [5, 5.41) is 3.93. The number of rotatable bonds is 6. The monoisotopic (exact) mass is 464 g/mol. The molecule has 11 heteroatoms. The second kappa shape index (κ2) is 10.0. The molecule has 0 saturated carbocycles. The smallest absolute Gasteiger partial charge is 0.303 e. The zero-order chi connectivity index (χ0) is 23.4. The van der Waals surface area contributed by atoms with Crippen LogP contribution in [0.4, 0.5) is 0 Å². The van der Waals surface area contributed by atoms with E-state index in [9.17, 15) is 14.4 Å². The lowest BCUT2D eigenvalue weighted by atomic mass is 10.1. The first-order valence-corrected chi connectivity index (χ1v) is 10.9. The molecule has 1 unspecified atom stereocenters. The van der Waals surface area contributed by atoms with Crippen LogP contribution in [-0.4, -0.2) is 57.5 Å². The van der Waals surface area contributed by atoms with Gasteiger partial charge in [-0.05, 0) is 26.0 Å². The number of ether oxygens (including phenoxy) is 4. The van der Waals surface area contributed by atoms with E-state index in [0.717, 1.165) is 11.3 Å². The van der Waals surface area contributed by atoms with Crippen LogP contribution in [0.3, 0.4) is 0 Å². The minimum atomic E-state index is -1.01. The lowest BCUT2D eigenvalue weighted by molar-refractivity contribution is -0.186. The highest BCUT2D eigenvalue weighted by molar-refractivity contribution is 7.99. The molecule has 1 fully saturated rings. The van der Waals surface area contributed by atoms with Gasteiger partial charge in [-0.3, -0.25) is 19.4 Å².